The fourth-order valence-electron chi connectivity index (χ4n) is 2.88. The van der Waals surface area contributed by atoms with Crippen LogP contribution in [0.5, 0.6) is 11.5 Å². The van der Waals surface area contributed by atoms with E-state index in [9.17, 15) is 16.8 Å². The van der Waals surface area contributed by atoms with Gasteiger partial charge in [-0.05, 0) is 12.1 Å². The van der Waals surface area contributed by atoms with E-state index in [4.69, 9.17) is 21.0 Å². The Hall–Kier alpha value is -2.27. The number of ether oxygens (including phenoxy) is 2. The molecule has 2 heterocycles. The summed E-state index contributed by atoms with van der Waals surface area (Å²) in [5, 5.41) is 8.15. The zero-order chi connectivity index (χ0) is 22.1. The number of primary sulfonamides is 1. The number of thiophene rings is 1. The predicted octanol–water partition coefficient (Wildman–Crippen LogP) is 1.61. The summed E-state index contributed by atoms with van der Waals surface area (Å²) in [4.78, 5) is 0. The van der Waals surface area contributed by atoms with E-state index in [0.717, 1.165) is 4.31 Å². The van der Waals surface area contributed by atoms with Crippen LogP contribution in [-0.2, 0) is 20.0 Å². The van der Waals surface area contributed by atoms with Crippen molar-refractivity contribution < 1.29 is 26.3 Å². The zero-order valence-electron chi connectivity index (χ0n) is 16.5. The lowest BCUT2D eigenvalue weighted by molar-refractivity contribution is 0.394. The second-order valence-corrected chi connectivity index (χ2v) is 11.0. The number of anilines is 1. The average Bonchev–Trinajstić information content (AvgIpc) is 3.13. The Morgan fingerprint density at radius 1 is 1.19 bits per heavy atom. The minimum Gasteiger partial charge on any atom is -0.497 e. The van der Waals surface area contributed by atoms with Crippen molar-refractivity contribution in [1.82, 2.24) is 5.32 Å². The Labute approximate surface area is 191 Å². The molecule has 3 N–H and O–H groups in total. The standard InChI is InChI=1S/C18H19N3O6S3.ClH/c1-4-5-20-11-14-6-12-7-17(29(19,22)23)28-18(12)30(24,25)21(14)13-8-15(26-2)10-16(9-13)27-3;/h1,6-10,20H,5,11H2,2-3H3,(H2,19,22,23);1H. The largest absolute Gasteiger partial charge is 0.497 e. The molecule has 0 unspecified atom stereocenters. The van der Waals surface area contributed by atoms with E-state index in [1.165, 1.54) is 32.4 Å². The fraction of sp³-hybridized carbons (Fsp3) is 0.222. The van der Waals surface area contributed by atoms with Crippen LogP contribution in [0.15, 0.2) is 38.4 Å². The van der Waals surface area contributed by atoms with Gasteiger partial charge in [-0.3, -0.25) is 0 Å². The number of halogens is 1. The maximum Gasteiger partial charge on any atom is 0.278 e. The molecule has 2 aromatic rings. The van der Waals surface area contributed by atoms with E-state index in [2.05, 4.69) is 11.2 Å². The van der Waals surface area contributed by atoms with E-state index >= 15 is 0 Å². The highest BCUT2D eigenvalue weighted by atomic mass is 35.5. The molecule has 0 saturated carbocycles. The summed E-state index contributed by atoms with van der Waals surface area (Å²) in [5.74, 6) is 3.20. The lowest BCUT2D eigenvalue weighted by Gasteiger charge is -2.30. The molecular formula is C18H20ClN3O6S3. The molecular weight excluding hydrogens is 486 g/mol. The van der Waals surface area contributed by atoms with Crippen molar-refractivity contribution in [1.29, 1.82) is 0 Å². The van der Waals surface area contributed by atoms with Crippen molar-refractivity contribution in [3.05, 3.63) is 35.5 Å². The van der Waals surface area contributed by atoms with Gasteiger partial charge in [-0.15, -0.1) is 30.2 Å². The second-order valence-electron chi connectivity index (χ2n) is 6.14. The number of fused-ring (bicyclic) bond motifs is 1. The normalized spacial score (nSPS) is 14.6. The van der Waals surface area contributed by atoms with E-state index in [1.807, 2.05) is 0 Å². The molecule has 0 radical (unpaired) electrons. The number of rotatable bonds is 7. The topological polar surface area (TPSA) is 128 Å². The van der Waals surface area contributed by atoms with E-state index in [1.54, 1.807) is 12.1 Å². The molecule has 0 atom stereocenters. The van der Waals surface area contributed by atoms with Gasteiger partial charge in [0.2, 0.25) is 10.0 Å². The highest BCUT2D eigenvalue weighted by molar-refractivity contribution is 7.96. The molecule has 0 amide bonds. The van der Waals surface area contributed by atoms with Crippen LogP contribution in [-0.4, -0.2) is 44.1 Å². The first-order chi connectivity index (χ1) is 14.1. The molecule has 1 aliphatic rings. The Morgan fingerprint density at radius 2 is 1.81 bits per heavy atom. The SMILES string of the molecule is C#CCNCC1=Cc2cc(S(N)(=O)=O)sc2S(=O)(=O)N1c1cc(OC)cc(OC)c1.Cl. The van der Waals surface area contributed by atoms with E-state index in [0.29, 0.717) is 28.5 Å². The molecule has 1 aromatic carbocycles. The number of nitrogens with two attached hydrogens (primary N) is 1. The summed E-state index contributed by atoms with van der Waals surface area (Å²) in [6.45, 7) is 0.328. The number of terminal acetylenes is 1. The van der Waals surface area contributed by atoms with E-state index in [-0.39, 0.29) is 45.2 Å². The number of nitrogens with zero attached hydrogens (tertiary/aromatic N) is 1. The van der Waals surface area contributed by atoms with Gasteiger partial charge < -0.3 is 14.8 Å². The van der Waals surface area contributed by atoms with Crippen LogP contribution in [0.2, 0.25) is 0 Å². The quantitative estimate of drug-likeness (QED) is 0.432. The molecule has 1 aliphatic heterocycles. The smallest absolute Gasteiger partial charge is 0.278 e. The van der Waals surface area contributed by atoms with Gasteiger partial charge in [0.25, 0.3) is 10.0 Å². The van der Waals surface area contributed by atoms with Crippen LogP contribution in [0.1, 0.15) is 5.56 Å². The number of hydrogen-bond donors (Lipinski definition) is 2. The van der Waals surface area contributed by atoms with Crippen molar-refractivity contribution in [2.24, 2.45) is 5.14 Å². The zero-order valence-corrected chi connectivity index (χ0v) is 19.8. The molecule has 0 bridgehead atoms. The van der Waals surface area contributed by atoms with Gasteiger partial charge in [-0.25, -0.2) is 17.9 Å². The molecule has 168 valence electrons. The van der Waals surface area contributed by atoms with Gasteiger partial charge in [0.1, 0.15) is 19.9 Å². The predicted molar refractivity (Wildman–Crippen MR) is 122 cm³/mol. The summed E-state index contributed by atoms with van der Waals surface area (Å²) in [7, 11) is -5.32. The molecule has 1 aromatic heterocycles. The first-order valence-electron chi connectivity index (χ1n) is 8.41. The van der Waals surface area contributed by atoms with Gasteiger partial charge in [0, 0.05) is 36.0 Å². The summed E-state index contributed by atoms with van der Waals surface area (Å²) >= 11 is 0.595. The van der Waals surface area contributed by atoms with Gasteiger partial charge in [-0.1, -0.05) is 5.92 Å². The molecule has 13 heteroatoms. The minimum atomic E-state index is -4.15. The number of sulfonamides is 2. The number of nitrogens with one attached hydrogen (secondary N) is 1. The van der Waals surface area contributed by atoms with Crippen molar-refractivity contribution in [2.45, 2.75) is 8.42 Å². The highest BCUT2D eigenvalue weighted by Crippen LogP contribution is 2.42. The third kappa shape index (κ3) is 4.98. The van der Waals surface area contributed by atoms with Crippen LogP contribution in [0.25, 0.3) is 6.08 Å². The Balaban J connectivity index is 0.00000341. The molecule has 0 saturated heterocycles. The Bertz CT molecular complexity index is 1240. The van der Waals surface area contributed by atoms with Gasteiger partial charge >= 0.3 is 0 Å². The first kappa shape index (κ1) is 25.0. The van der Waals surface area contributed by atoms with Crippen LogP contribution in [0.3, 0.4) is 0 Å². The summed E-state index contributed by atoms with van der Waals surface area (Å²) < 4.78 is 61.8. The fourth-order valence-corrected chi connectivity index (χ4v) is 6.96. The Kier molecular flexibility index (Phi) is 7.64. The van der Waals surface area contributed by atoms with Crippen LogP contribution < -0.4 is 24.2 Å². The number of hydrogen-bond acceptors (Lipinski definition) is 8. The van der Waals surface area contributed by atoms with Crippen molar-refractivity contribution in [3.63, 3.8) is 0 Å². The maximum atomic E-state index is 13.5. The molecule has 0 aliphatic carbocycles. The Morgan fingerprint density at radius 3 is 2.32 bits per heavy atom. The van der Waals surface area contributed by atoms with Crippen molar-refractivity contribution >= 4 is 55.6 Å². The average molecular weight is 506 g/mol. The molecule has 31 heavy (non-hydrogen) atoms. The summed E-state index contributed by atoms with van der Waals surface area (Å²) in [5.41, 5.74) is 0.843. The summed E-state index contributed by atoms with van der Waals surface area (Å²) in [6.07, 6.45) is 6.85. The monoisotopic (exact) mass is 505 g/mol. The van der Waals surface area contributed by atoms with Crippen molar-refractivity contribution in [2.75, 3.05) is 31.6 Å². The lowest BCUT2D eigenvalue weighted by Crippen LogP contribution is -2.37. The minimum absolute atomic E-state index is 0. The first-order valence-corrected chi connectivity index (χ1v) is 12.2. The molecule has 0 spiro atoms. The van der Waals surface area contributed by atoms with Crippen LogP contribution >= 0.6 is 23.7 Å². The lowest BCUT2D eigenvalue weighted by atomic mass is 10.2. The highest BCUT2D eigenvalue weighted by Gasteiger charge is 2.37. The number of methoxy groups -OCH3 is 2. The van der Waals surface area contributed by atoms with Gasteiger partial charge in [0.05, 0.1) is 26.5 Å². The van der Waals surface area contributed by atoms with Gasteiger partial charge in [-0.2, -0.15) is 8.42 Å². The molecule has 9 nitrogen and oxygen atoms in total. The molecule has 0 fully saturated rings. The van der Waals surface area contributed by atoms with Crippen molar-refractivity contribution in [3.8, 4) is 23.8 Å². The van der Waals surface area contributed by atoms with Crippen LogP contribution in [0, 0.1) is 12.3 Å². The second kappa shape index (κ2) is 9.47. The third-order valence-corrected chi connectivity index (χ3v) is 9.02. The van der Waals surface area contributed by atoms with Gasteiger partial charge in [0.15, 0.2) is 0 Å². The number of benzene rings is 1. The summed E-state index contributed by atoms with van der Waals surface area (Å²) in [6, 6.07) is 5.93. The maximum absolute atomic E-state index is 13.5. The van der Waals surface area contributed by atoms with E-state index < -0.39 is 20.0 Å². The molecule has 3 rings (SSSR count). The van der Waals surface area contributed by atoms with Crippen LogP contribution in [0.4, 0.5) is 5.69 Å². The third-order valence-electron chi connectivity index (χ3n) is 4.14.